The Morgan fingerprint density at radius 3 is 2.31 bits per heavy atom. The summed E-state index contributed by atoms with van der Waals surface area (Å²) in [5, 5.41) is 5.80. The second-order valence-electron chi connectivity index (χ2n) is 7.56. The Hall–Kier alpha value is -2.83. The van der Waals surface area contributed by atoms with Crippen molar-refractivity contribution in [3.8, 4) is 16.9 Å². The van der Waals surface area contributed by atoms with Crippen LogP contribution in [0, 0.1) is 20.8 Å². The number of benzene rings is 2. The Labute approximate surface area is 197 Å². The number of ether oxygens (including phenoxy) is 2. The molecule has 1 aromatic heterocycles. The second kappa shape index (κ2) is 10.2. The minimum absolute atomic E-state index is 0.240. The number of rotatable bonds is 7. The molecule has 1 atom stereocenters. The number of halogens is 1. The van der Waals surface area contributed by atoms with E-state index < -0.39 is 12.1 Å². The Morgan fingerprint density at radius 1 is 1.09 bits per heavy atom. The number of nitrogens with one attached hydrogen (secondary N) is 1. The van der Waals surface area contributed by atoms with Crippen LogP contribution >= 0.6 is 22.9 Å². The van der Waals surface area contributed by atoms with Gasteiger partial charge >= 0.3 is 5.97 Å². The average molecular weight is 472 g/mol. The fourth-order valence-corrected chi connectivity index (χ4v) is 4.32. The van der Waals surface area contributed by atoms with E-state index in [0.717, 1.165) is 27.8 Å². The van der Waals surface area contributed by atoms with Gasteiger partial charge in [0.2, 0.25) is 0 Å². The van der Waals surface area contributed by atoms with Crippen molar-refractivity contribution in [2.24, 2.45) is 0 Å². The van der Waals surface area contributed by atoms with E-state index in [9.17, 15) is 9.59 Å². The highest BCUT2D eigenvalue weighted by Crippen LogP contribution is 2.36. The van der Waals surface area contributed by atoms with Crippen LogP contribution in [-0.2, 0) is 9.53 Å². The van der Waals surface area contributed by atoms with E-state index in [0.29, 0.717) is 21.3 Å². The molecule has 168 valence electrons. The van der Waals surface area contributed by atoms with Gasteiger partial charge in [-0.3, -0.25) is 4.79 Å². The number of aryl methyl sites for hydroxylation is 3. The van der Waals surface area contributed by atoms with Crippen LogP contribution in [0.1, 0.15) is 40.9 Å². The molecule has 32 heavy (non-hydrogen) atoms. The topological polar surface area (TPSA) is 64.6 Å². The highest BCUT2D eigenvalue weighted by molar-refractivity contribution is 7.15. The summed E-state index contributed by atoms with van der Waals surface area (Å²) in [6.07, 6.45) is -0.782. The van der Waals surface area contributed by atoms with Crippen molar-refractivity contribution in [3.05, 3.63) is 69.1 Å². The summed E-state index contributed by atoms with van der Waals surface area (Å²) < 4.78 is 11.1. The lowest BCUT2D eigenvalue weighted by atomic mass is 10.0. The minimum atomic E-state index is -0.782. The molecule has 2 aromatic carbocycles. The van der Waals surface area contributed by atoms with Gasteiger partial charge < -0.3 is 14.8 Å². The first-order chi connectivity index (χ1) is 15.2. The number of carbonyl (C=O) groups excluding carboxylic acids is 2. The summed E-state index contributed by atoms with van der Waals surface area (Å²) >= 11 is 7.50. The second-order valence-corrected chi connectivity index (χ2v) is 8.82. The average Bonchev–Trinajstić information content (AvgIpc) is 3.16. The zero-order valence-corrected chi connectivity index (χ0v) is 20.3. The van der Waals surface area contributed by atoms with Gasteiger partial charge in [0.25, 0.3) is 5.91 Å². The van der Waals surface area contributed by atoms with Gasteiger partial charge in [0, 0.05) is 16.0 Å². The molecular formula is C25H26ClNO4S. The third-order valence-corrected chi connectivity index (χ3v) is 6.45. The van der Waals surface area contributed by atoms with E-state index in [2.05, 4.69) is 5.32 Å². The van der Waals surface area contributed by atoms with Crippen LogP contribution in [0.15, 0.2) is 41.8 Å². The van der Waals surface area contributed by atoms with Gasteiger partial charge in [-0.1, -0.05) is 41.4 Å². The summed E-state index contributed by atoms with van der Waals surface area (Å²) in [6, 6.07) is 11.4. The lowest BCUT2D eigenvalue weighted by Crippen LogP contribution is -2.30. The number of thiophene rings is 1. The highest BCUT2D eigenvalue weighted by Gasteiger charge is 2.25. The van der Waals surface area contributed by atoms with Gasteiger partial charge in [-0.15, -0.1) is 11.3 Å². The number of hydrogen-bond donors (Lipinski definition) is 1. The fourth-order valence-electron chi connectivity index (χ4n) is 3.25. The fraction of sp³-hybridized carbons (Fsp3) is 0.280. The summed E-state index contributed by atoms with van der Waals surface area (Å²) in [6.45, 7) is 9.42. The van der Waals surface area contributed by atoms with Gasteiger partial charge in [0.15, 0.2) is 6.10 Å². The van der Waals surface area contributed by atoms with Gasteiger partial charge in [-0.05, 0) is 63.4 Å². The molecule has 0 aliphatic rings. The van der Waals surface area contributed by atoms with Crippen LogP contribution < -0.4 is 10.1 Å². The zero-order chi connectivity index (χ0) is 23.4. The molecule has 0 aliphatic heterocycles. The summed E-state index contributed by atoms with van der Waals surface area (Å²) in [7, 11) is 0. The molecule has 3 rings (SSSR count). The van der Waals surface area contributed by atoms with E-state index in [1.807, 2.05) is 50.4 Å². The van der Waals surface area contributed by atoms with Crippen LogP contribution in [0.3, 0.4) is 0 Å². The highest BCUT2D eigenvalue weighted by atomic mass is 35.5. The molecule has 0 fully saturated rings. The van der Waals surface area contributed by atoms with Crippen LogP contribution in [0.5, 0.6) is 5.75 Å². The number of hydrogen-bond acceptors (Lipinski definition) is 5. The van der Waals surface area contributed by atoms with Crippen molar-refractivity contribution in [3.63, 3.8) is 0 Å². The predicted octanol–water partition coefficient (Wildman–Crippen LogP) is 6.58. The van der Waals surface area contributed by atoms with Crippen LogP contribution in [0.4, 0.5) is 5.00 Å². The molecular weight excluding hydrogens is 446 g/mol. The maximum absolute atomic E-state index is 12.9. The SMILES string of the molecule is CCOC(=O)c1c(-c2ccc(C)cc2)csc1NC(=O)C(C)Oc1cc(C)c(Cl)c(C)c1. The summed E-state index contributed by atoms with van der Waals surface area (Å²) in [5.74, 6) is -0.278. The van der Waals surface area contributed by atoms with E-state index in [1.165, 1.54) is 11.3 Å². The molecule has 3 aromatic rings. The number of amides is 1. The van der Waals surface area contributed by atoms with E-state index in [1.54, 1.807) is 26.0 Å². The zero-order valence-electron chi connectivity index (χ0n) is 18.7. The maximum atomic E-state index is 12.9. The van der Waals surface area contributed by atoms with Crippen molar-refractivity contribution in [2.75, 3.05) is 11.9 Å². The monoisotopic (exact) mass is 471 g/mol. The first-order valence-corrected chi connectivity index (χ1v) is 11.6. The molecule has 1 heterocycles. The van der Waals surface area contributed by atoms with Crippen LogP contribution in [0.2, 0.25) is 5.02 Å². The molecule has 1 unspecified atom stereocenters. The molecule has 1 N–H and O–H groups in total. The normalized spacial score (nSPS) is 11.7. The van der Waals surface area contributed by atoms with Gasteiger partial charge in [-0.2, -0.15) is 0 Å². The van der Waals surface area contributed by atoms with Crippen molar-refractivity contribution in [1.29, 1.82) is 0 Å². The van der Waals surface area contributed by atoms with E-state index in [4.69, 9.17) is 21.1 Å². The quantitative estimate of drug-likeness (QED) is 0.395. The van der Waals surface area contributed by atoms with Crippen molar-refractivity contribution >= 4 is 39.8 Å². The van der Waals surface area contributed by atoms with Crippen molar-refractivity contribution in [1.82, 2.24) is 0 Å². The summed E-state index contributed by atoms with van der Waals surface area (Å²) in [4.78, 5) is 25.6. The van der Waals surface area contributed by atoms with Crippen molar-refractivity contribution < 1.29 is 19.1 Å². The number of esters is 1. The maximum Gasteiger partial charge on any atom is 0.341 e. The molecule has 0 saturated carbocycles. The lowest BCUT2D eigenvalue weighted by Gasteiger charge is -2.16. The van der Waals surface area contributed by atoms with Crippen LogP contribution in [0.25, 0.3) is 11.1 Å². The molecule has 0 saturated heterocycles. The molecule has 0 radical (unpaired) electrons. The Balaban J connectivity index is 1.85. The molecule has 0 spiro atoms. The summed E-state index contributed by atoms with van der Waals surface area (Å²) in [5.41, 5.74) is 4.82. The number of anilines is 1. The Kier molecular flexibility index (Phi) is 7.59. The number of carbonyl (C=O) groups is 2. The first-order valence-electron chi connectivity index (χ1n) is 10.3. The predicted molar refractivity (Wildman–Crippen MR) is 130 cm³/mol. The molecule has 1 amide bonds. The molecule has 0 aliphatic carbocycles. The van der Waals surface area contributed by atoms with Gasteiger partial charge in [0.05, 0.1) is 6.61 Å². The Bertz CT molecular complexity index is 1110. The first kappa shape index (κ1) is 23.8. The van der Waals surface area contributed by atoms with Gasteiger partial charge in [0.1, 0.15) is 16.3 Å². The molecule has 0 bridgehead atoms. The minimum Gasteiger partial charge on any atom is -0.481 e. The Morgan fingerprint density at radius 2 is 1.72 bits per heavy atom. The third kappa shape index (κ3) is 5.31. The standard InChI is InChI=1S/C25H26ClNO4S/c1-6-30-25(29)21-20(18-9-7-14(2)8-10-18)13-32-24(21)27-23(28)17(5)31-19-11-15(3)22(26)16(4)12-19/h7-13,17H,6H2,1-5H3,(H,27,28). The largest absolute Gasteiger partial charge is 0.481 e. The van der Waals surface area contributed by atoms with Crippen molar-refractivity contribution in [2.45, 2.75) is 40.7 Å². The molecule has 7 heteroatoms. The lowest BCUT2D eigenvalue weighted by molar-refractivity contribution is -0.122. The van der Waals surface area contributed by atoms with E-state index in [-0.39, 0.29) is 12.5 Å². The van der Waals surface area contributed by atoms with Gasteiger partial charge in [-0.25, -0.2) is 4.79 Å². The van der Waals surface area contributed by atoms with Crippen LogP contribution in [-0.4, -0.2) is 24.6 Å². The smallest absolute Gasteiger partial charge is 0.341 e. The molecule has 5 nitrogen and oxygen atoms in total. The third-order valence-electron chi connectivity index (χ3n) is 4.96. The van der Waals surface area contributed by atoms with E-state index >= 15 is 0 Å².